The standard InChI is InChI=1S/C14H10ClF4NO/c15-11-7-10(16)6-5-9(11)8-20-12-3-1-2-4-13(12)21-14(17,18)19/h1-7,20H,8H2. The predicted molar refractivity (Wildman–Crippen MR) is 71.9 cm³/mol. The second-order valence-corrected chi connectivity index (χ2v) is 4.54. The first-order valence-electron chi connectivity index (χ1n) is 5.88. The monoisotopic (exact) mass is 319 g/mol. The third-order valence-corrected chi connectivity index (χ3v) is 2.95. The molecule has 2 aromatic rings. The molecule has 0 amide bonds. The lowest BCUT2D eigenvalue weighted by Crippen LogP contribution is -2.18. The lowest BCUT2D eigenvalue weighted by Gasteiger charge is -2.15. The molecule has 2 aromatic carbocycles. The summed E-state index contributed by atoms with van der Waals surface area (Å²) in [6, 6.07) is 9.45. The number of ether oxygens (including phenoxy) is 1. The Kier molecular flexibility index (Phi) is 4.57. The van der Waals surface area contributed by atoms with E-state index in [1.807, 2.05) is 0 Å². The molecule has 21 heavy (non-hydrogen) atoms. The average Bonchev–Trinajstić information content (AvgIpc) is 2.37. The minimum Gasteiger partial charge on any atom is -0.404 e. The molecule has 0 radical (unpaired) electrons. The molecule has 0 spiro atoms. The van der Waals surface area contributed by atoms with Crippen molar-refractivity contribution in [2.75, 3.05) is 5.32 Å². The van der Waals surface area contributed by atoms with Gasteiger partial charge < -0.3 is 10.1 Å². The molecule has 0 unspecified atom stereocenters. The maximum atomic E-state index is 12.9. The van der Waals surface area contributed by atoms with Crippen LogP contribution in [0.1, 0.15) is 5.56 Å². The number of alkyl halides is 3. The molecule has 0 aliphatic rings. The second-order valence-electron chi connectivity index (χ2n) is 4.13. The summed E-state index contributed by atoms with van der Waals surface area (Å²) in [4.78, 5) is 0. The highest BCUT2D eigenvalue weighted by atomic mass is 35.5. The van der Waals surface area contributed by atoms with Gasteiger partial charge >= 0.3 is 6.36 Å². The van der Waals surface area contributed by atoms with Gasteiger partial charge in [-0.2, -0.15) is 0 Å². The van der Waals surface area contributed by atoms with Gasteiger partial charge in [0.05, 0.1) is 5.69 Å². The maximum absolute atomic E-state index is 12.9. The zero-order chi connectivity index (χ0) is 15.5. The summed E-state index contributed by atoms with van der Waals surface area (Å²) in [6.07, 6.45) is -4.77. The van der Waals surface area contributed by atoms with Crippen molar-refractivity contribution < 1.29 is 22.3 Å². The van der Waals surface area contributed by atoms with Crippen LogP contribution >= 0.6 is 11.6 Å². The largest absolute Gasteiger partial charge is 0.573 e. The molecule has 1 N–H and O–H groups in total. The predicted octanol–water partition coefficient (Wildman–Crippen LogP) is 4.99. The first-order chi connectivity index (χ1) is 9.85. The molecular weight excluding hydrogens is 310 g/mol. The van der Waals surface area contributed by atoms with Crippen LogP contribution in [-0.4, -0.2) is 6.36 Å². The molecule has 0 fully saturated rings. The Bertz CT molecular complexity index is 631. The van der Waals surface area contributed by atoms with Gasteiger partial charge in [0.15, 0.2) is 5.75 Å². The summed E-state index contributed by atoms with van der Waals surface area (Å²) in [5, 5.41) is 2.97. The summed E-state index contributed by atoms with van der Waals surface area (Å²) in [7, 11) is 0. The number of hydrogen-bond acceptors (Lipinski definition) is 2. The first-order valence-corrected chi connectivity index (χ1v) is 6.25. The van der Waals surface area contributed by atoms with Crippen LogP contribution in [0.5, 0.6) is 5.75 Å². The number of anilines is 1. The van der Waals surface area contributed by atoms with Gasteiger partial charge in [-0.3, -0.25) is 0 Å². The van der Waals surface area contributed by atoms with Crippen LogP contribution in [0, 0.1) is 5.82 Å². The molecule has 0 saturated heterocycles. The number of para-hydroxylation sites is 2. The van der Waals surface area contributed by atoms with Crippen molar-refractivity contribution in [1.82, 2.24) is 0 Å². The zero-order valence-electron chi connectivity index (χ0n) is 10.5. The fourth-order valence-electron chi connectivity index (χ4n) is 1.68. The van der Waals surface area contributed by atoms with Crippen LogP contribution in [0.3, 0.4) is 0 Å². The smallest absolute Gasteiger partial charge is 0.404 e. The van der Waals surface area contributed by atoms with Crippen molar-refractivity contribution in [2.45, 2.75) is 12.9 Å². The van der Waals surface area contributed by atoms with Crippen LogP contribution in [0.15, 0.2) is 42.5 Å². The Labute approximate surface area is 123 Å². The Morgan fingerprint density at radius 1 is 1.10 bits per heavy atom. The SMILES string of the molecule is Fc1ccc(CNc2ccccc2OC(F)(F)F)c(Cl)c1. The summed E-state index contributed by atoms with van der Waals surface area (Å²) >= 11 is 5.85. The second kappa shape index (κ2) is 6.22. The average molecular weight is 320 g/mol. The van der Waals surface area contributed by atoms with Crippen LogP contribution in [0.2, 0.25) is 5.02 Å². The van der Waals surface area contributed by atoms with E-state index in [4.69, 9.17) is 11.6 Å². The fourth-order valence-corrected chi connectivity index (χ4v) is 1.92. The van der Waals surface area contributed by atoms with Gasteiger partial charge in [0.2, 0.25) is 0 Å². The molecule has 0 heterocycles. The number of nitrogens with one attached hydrogen (secondary N) is 1. The maximum Gasteiger partial charge on any atom is 0.573 e. The van der Waals surface area contributed by atoms with Crippen LogP contribution in [0.4, 0.5) is 23.2 Å². The van der Waals surface area contributed by atoms with Crippen LogP contribution < -0.4 is 10.1 Å². The molecule has 0 atom stereocenters. The number of halogens is 5. The Morgan fingerprint density at radius 3 is 2.48 bits per heavy atom. The normalized spacial score (nSPS) is 11.3. The highest BCUT2D eigenvalue weighted by Crippen LogP contribution is 2.30. The summed E-state index contributed by atoms with van der Waals surface area (Å²) < 4.78 is 53.7. The van der Waals surface area contributed by atoms with Crippen molar-refractivity contribution >= 4 is 17.3 Å². The minimum absolute atomic E-state index is 0.136. The third-order valence-electron chi connectivity index (χ3n) is 2.60. The molecule has 0 aliphatic heterocycles. The highest BCUT2D eigenvalue weighted by Gasteiger charge is 2.32. The van der Waals surface area contributed by atoms with Gasteiger partial charge in [0, 0.05) is 11.6 Å². The lowest BCUT2D eigenvalue weighted by molar-refractivity contribution is -0.274. The molecule has 0 aliphatic carbocycles. The molecule has 7 heteroatoms. The third kappa shape index (κ3) is 4.53. The summed E-state index contributed by atoms with van der Waals surface area (Å²) in [5.74, 6) is -0.826. The van der Waals surface area contributed by atoms with Gasteiger partial charge in [-0.25, -0.2) is 4.39 Å². The molecule has 112 valence electrons. The van der Waals surface area contributed by atoms with Crippen molar-refractivity contribution in [3.05, 3.63) is 58.9 Å². The van der Waals surface area contributed by atoms with E-state index in [2.05, 4.69) is 10.1 Å². The highest BCUT2D eigenvalue weighted by molar-refractivity contribution is 6.31. The number of rotatable bonds is 4. The van der Waals surface area contributed by atoms with E-state index < -0.39 is 12.2 Å². The lowest BCUT2D eigenvalue weighted by atomic mass is 10.2. The molecule has 0 aromatic heterocycles. The van der Waals surface area contributed by atoms with E-state index in [9.17, 15) is 17.6 Å². The van der Waals surface area contributed by atoms with Gasteiger partial charge in [0.25, 0.3) is 0 Å². The molecule has 2 nitrogen and oxygen atoms in total. The van der Waals surface area contributed by atoms with Crippen molar-refractivity contribution in [1.29, 1.82) is 0 Å². The molecule has 2 rings (SSSR count). The first kappa shape index (κ1) is 15.4. The van der Waals surface area contributed by atoms with Crippen molar-refractivity contribution in [3.8, 4) is 5.75 Å². The van der Waals surface area contributed by atoms with E-state index >= 15 is 0 Å². The molecule has 0 saturated carbocycles. The fraction of sp³-hybridized carbons (Fsp3) is 0.143. The number of hydrogen-bond donors (Lipinski definition) is 1. The zero-order valence-corrected chi connectivity index (χ0v) is 11.3. The van der Waals surface area contributed by atoms with Crippen molar-refractivity contribution in [3.63, 3.8) is 0 Å². The van der Waals surface area contributed by atoms with E-state index in [0.29, 0.717) is 5.56 Å². The summed E-state index contributed by atoms with van der Waals surface area (Å²) in [5.41, 5.74) is 0.718. The Balaban J connectivity index is 2.13. The van der Waals surface area contributed by atoms with E-state index in [1.54, 1.807) is 6.07 Å². The Morgan fingerprint density at radius 2 is 1.81 bits per heavy atom. The number of benzene rings is 2. The Hall–Kier alpha value is -1.95. The van der Waals surface area contributed by atoms with Gasteiger partial charge in [-0.1, -0.05) is 29.8 Å². The van der Waals surface area contributed by atoms with Crippen molar-refractivity contribution in [2.24, 2.45) is 0 Å². The molecular formula is C14H10ClF4NO. The van der Waals surface area contributed by atoms with Gasteiger partial charge in [0.1, 0.15) is 5.82 Å². The van der Waals surface area contributed by atoms with Crippen LogP contribution in [0.25, 0.3) is 0 Å². The van der Waals surface area contributed by atoms with E-state index in [0.717, 1.165) is 6.07 Å². The molecule has 0 bridgehead atoms. The summed E-state index contributed by atoms with van der Waals surface area (Å²) in [6.45, 7) is 0.136. The van der Waals surface area contributed by atoms with Gasteiger partial charge in [-0.05, 0) is 29.8 Å². The van der Waals surface area contributed by atoms with E-state index in [1.165, 1.54) is 30.3 Å². The van der Waals surface area contributed by atoms with E-state index in [-0.39, 0.29) is 23.0 Å². The van der Waals surface area contributed by atoms with Gasteiger partial charge in [-0.15, -0.1) is 13.2 Å². The quantitative estimate of drug-likeness (QED) is 0.802. The topological polar surface area (TPSA) is 21.3 Å². The minimum atomic E-state index is -4.77. The van der Waals surface area contributed by atoms with Crippen LogP contribution in [-0.2, 0) is 6.54 Å².